The van der Waals surface area contributed by atoms with Crippen LogP contribution in [0.5, 0.6) is 5.75 Å². The van der Waals surface area contributed by atoms with Gasteiger partial charge in [-0.2, -0.15) is 4.31 Å². The summed E-state index contributed by atoms with van der Waals surface area (Å²) in [6.07, 6.45) is 3.88. The second-order valence-corrected chi connectivity index (χ2v) is 11.5. The zero-order valence-electron chi connectivity index (χ0n) is 19.5. The minimum atomic E-state index is -3.71. The highest BCUT2D eigenvalue weighted by Crippen LogP contribution is 2.32. The maximum Gasteiger partial charge on any atom is 0.246 e. The lowest BCUT2D eigenvalue weighted by Crippen LogP contribution is -2.45. The molecule has 0 aromatic heterocycles. The number of piperidine rings is 2. The van der Waals surface area contributed by atoms with Crippen molar-refractivity contribution in [2.45, 2.75) is 57.8 Å². The molecule has 2 fully saturated rings. The largest absolute Gasteiger partial charge is 0.495 e. The van der Waals surface area contributed by atoms with E-state index in [2.05, 4.69) is 5.32 Å². The zero-order chi connectivity index (χ0) is 23.5. The summed E-state index contributed by atoms with van der Waals surface area (Å²) in [5.74, 6) is -0.00994. The molecular weight excluding hydrogens is 430 g/mol. The molecular formula is C23H35N3O5S. The Kier molecular flexibility index (Phi) is 7.50. The maximum atomic E-state index is 13.2. The Bertz CT molecular complexity index is 941. The van der Waals surface area contributed by atoms with Crippen LogP contribution in [0.2, 0.25) is 0 Å². The molecule has 2 amide bonds. The number of anilines is 1. The van der Waals surface area contributed by atoms with Crippen LogP contribution in [0.15, 0.2) is 23.1 Å². The van der Waals surface area contributed by atoms with Gasteiger partial charge in [0.05, 0.1) is 7.11 Å². The lowest BCUT2D eigenvalue weighted by molar-refractivity contribution is -0.142. The minimum Gasteiger partial charge on any atom is -0.495 e. The van der Waals surface area contributed by atoms with E-state index in [4.69, 9.17) is 4.74 Å². The van der Waals surface area contributed by atoms with Crippen molar-refractivity contribution in [2.24, 2.45) is 11.3 Å². The van der Waals surface area contributed by atoms with Gasteiger partial charge in [-0.1, -0.05) is 27.2 Å². The molecule has 32 heavy (non-hydrogen) atoms. The third-order valence-corrected chi connectivity index (χ3v) is 8.08. The van der Waals surface area contributed by atoms with Crippen molar-refractivity contribution >= 4 is 27.5 Å². The van der Waals surface area contributed by atoms with Crippen LogP contribution in [-0.4, -0.2) is 62.7 Å². The number of amides is 2. The van der Waals surface area contributed by atoms with E-state index in [0.29, 0.717) is 44.7 Å². The topological polar surface area (TPSA) is 96.0 Å². The van der Waals surface area contributed by atoms with Crippen LogP contribution in [0.1, 0.15) is 52.9 Å². The summed E-state index contributed by atoms with van der Waals surface area (Å²) < 4.78 is 33.2. The van der Waals surface area contributed by atoms with E-state index in [0.717, 1.165) is 19.3 Å². The Morgan fingerprint density at radius 2 is 1.66 bits per heavy atom. The lowest BCUT2D eigenvalue weighted by Gasteiger charge is -2.35. The normalized spacial score (nSPS) is 18.9. The predicted octanol–water partition coefficient (Wildman–Crippen LogP) is 3.09. The van der Waals surface area contributed by atoms with Crippen LogP contribution in [0, 0.1) is 11.3 Å². The van der Waals surface area contributed by atoms with E-state index in [1.807, 2.05) is 25.7 Å². The standard InChI is InChI=1S/C23H35N3O5S/c1-23(2,3)22(28)25-14-10-17(11-15-25)21(27)24-18-8-9-19(31-4)20(16-18)32(29,30)26-12-6-5-7-13-26/h8-9,16-17H,5-7,10-15H2,1-4H3,(H,24,27). The van der Waals surface area contributed by atoms with Crippen LogP contribution in [0.25, 0.3) is 0 Å². The fraction of sp³-hybridized carbons (Fsp3) is 0.652. The van der Waals surface area contributed by atoms with Gasteiger partial charge in [0.1, 0.15) is 10.6 Å². The van der Waals surface area contributed by atoms with Gasteiger partial charge >= 0.3 is 0 Å². The summed E-state index contributed by atoms with van der Waals surface area (Å²) in [5, 5.41) is 2.87. The number of benzene rings is 1. The monoisotopic (exact) mass is 465 g/mol. The first-order chi connectivity index (χ1) is 15.0. The predicted molar refractivity (Wildman–Crippen MR) is 123 cm³/mol. The SMILES string of the molecule is COc1ccc(NC(=O)C2CCN(C(=O)C(C)(C)C)CC2)cc1S(=O)(=O)N1CCCCC1. The number of ether oxygens (including phenoxy) is 1. The number of nitrogens with zero attached hydrogens (tertiary/aromatic N) is 2. The molecule has 0 unspecified atom stereocenters. The second kappa shape index (κ2) is 9.79. The quantitative estimate of drug-likeness (QED) is 0.721. The first kappa shape index (κ1) is 24.5. The molecule has 0 bridgehead atoms. The first-order valence-electron chi connectivity index (χ1n) is 11.3. The van der Waals surface area contributed by atoms with Crippen LogP contribution in [0.3, 0.4) is 0 Å². The Morgan fingerprint density at radius 3 is 2.22 bits per heavy atom. The Hall–Kier alpha value is -2.13. The molecule has 0 atom stereocenters. The van der Waals surface area contributed by atoms with Gasteiger partial charge in [0, 0.05) is 43.2 Å². The fourth-order valence-electron chi connectivity index (χ4n) is 4.26. The number of sulfonamides is 1. The number of carbonyl (C=O) groups is 2. The Balaban J connectivity index is 1.70. The number of nitrogens with one attached hydrogen (secondary N) is 1. The van der Waals surface area contributed by atoms with Gasteiger partial charge in [0.25, 0.3) is 0 Å². The summed E-state index contributed by atoms with van der Waals surface area (Å²) in [6.45, 7) is 7.77. The van der Waals surface area contributed by atoms with Crippen LogP contribution < -0.4 is 10.1 Å². The van der Waals surface area contributed by atoms with Gasteiger partial charge in [-0.05, 0) is 43.9 Å². The van der Waals surface area contributed by atoms with Crippen LogP contribution in [0.4, 0.5) is 5.69 Å². The van der Waals surface area contributed by atoms with Crippen molar-refractivity contribution in [1.82, 2.24) is 9.21 Å². The number of hydrogen-bond donors (Lipinski definition) is 1. The van der Waals surface area contributed by atoms with Gasteiger partial charge < -0.3 is 15.0 Å². The highest BCUT2D eigenvalue weighted by molar-refractivity contribution is 7.89. The molecule has 2 aliphatic heterocycles. The van der Waals surface area contributed by atoms with E-state index in [1.54, 1.807) is 12.1 Å². The van der Waals surface area contributed by atoms with Crippen molar-refractivity contribution in [3.8, 4) is 5.75 Å². The summed E-state index contributed by atoms with van der Waals surface area (Å²) in [5.41, 5.74) is -0.00590. The number of rotatable bonds is 5. The highest BCUT2D eigenvalue weighted by Gasteiger charge is 2.33. The van der Waals surface area contributed by atoms with E-state index in [9.17, 15) is 18.0 Å². The minimum absolute atomic E-state index is 0.0743. The van der Waals surface area contributed by atoms with E-state index in [1.165, 1.54) is 17.5 Å². The van der Waals surface area contributed by atoms with E-state index >= 15 is 0 Å². The van der Waals surface area contributed by atoms with Crippen molar-refractivity contribution in [3.05, 3.63) is 18.2 Å². The van der Waals surface area contributed by atoms with Gasteiger partial charge in [-0.15, -0.1) is 0 Å². The molecule has 2 heterocycles. The molecule has 1 N–H and O–H groups in total. The molecule has 0 aliphatic carbocycles. The smallest absolute Gasteiger partial charge is 0.246 e. The van der Waals surface area contributed by atoms with Gasteiger partial charge in [-0.25, -0.2) is 8.42 Å². The molecule has 8 nitrogen and oxygen atoms in total. The van der Waals surface area contributed by atoms with E-state index < -0.39 is 15.4 Å². The fourth-order valence-corrected chi connectivity index (χ4v) is 5.96. The molecule has 9 heteroatoms. The lowest BCUT2D eigenvalue weighted by atomic mass is 9.90. The number of methoxy groups -OCH3 is 1. The average molecular weight is 466 g/mol. The number of hydrogen-bond acceptors (Lipinski definition) is 5. The highest BCUT2D eigenvalue weighted by atomic mass is 32.2. The van der Waals surface area contributed by atoms with Crippen molar-refractivity contribution in [2.75, 3.05) is 38.6 Å². The average Bonchev–Trinajstić information content (AvgIpc) is 2.78. The Morgan fingerprint density at radius 1 is 1.03 bits per heavy atom. The summed E-state index contributed by atoms with van der Waals surface area (Å²) in [7, 11) is -2.27. The molecule has 2 saturated heterocycles. The molecule has 0 saturated carbocycles. The molecule has 178 valence electrons. The molecule has 3 rings (SSSR count). The molecule has 1 aromatic rings. The summed E-state index contributed by atoms with van der Waals surface area (Å²) in [4.78, 5) is 27.2. The van der Waals surface area contributed by atoms with Gasteiger partial charge in [-0.3, -0.25) is 9.59 Å². The first-order valence-corrected chi connectivity index (χ1v) is 12.8. The summed E-state index contributed by atoms with van der Waals surface area (Å²) in [6, 6.07) is 4.72. The van der Waals surface area contributed by atoms with Gasteiger partial charge in [0.15, 0.2) is 0 Å². The number of likely N-dealkylation sites (tertiary alicyclic amines) is 1. The number of carbonyl (C=O) groups excluding carboxylic acids is 2. The van der Waals surface area contributed by atoms with Crippen LogP contribution in [-0.2, 0) is 19.6 Å². The Labute approximate surface area is 191 Å². The molecule has 0 spiro atoms. The van der Waals surface area contributed by atoms with Crippen molar-refractivity contribution < 1.29 is 22.7 Å². The molecule has 0 radical (unpaired) electrons. The van der Waals surface area contributed by atoms with Gasteiger partial charge in [0.2, 0.25) is 21.8 Å². The van der Waals surface area contributed by atoms with Crippen molar-refractivity contribution in [3.63, 3.8) is 0 Å². The maximum absolute atomic E-state index is 13.2. The third-order valence-electron chi connectivity index (χ3n) is 6.16. The van der Waals surface area contributed by atoms with Crippen molar-refractivity contribution in [1.29, 1.82) is 0 Å². The zero-order valence-corrected chi connectivity index (χ0v) is 20.3. The van der Waals surface area contributed by atoms with E-state index in [-0.39, 0.29) is 28.4 Å². The third kappa shape index (κ3) is 5.43. The summed E-state index contributed by atoms with van der Waals surface area (Å²) >= 11 is 0. The second-order valence-electron chi connectivity index (χ2n) is 9.64. The molecule has 2 aliphatic rings. The van der Waals surface area contributed by atoms with Crippen LogP contribution >= 0.6 is 0 Å². The molecule has 1 aromatic carbocycles.